The van der Waals surface area contributed by atoms with Crippen molar-refractivity contribution in [2.45, 2.75) is 41.0 Å². The zero-order valence-corrected chi connectivity index (χ0v) is 19.0. The minimum Gasteiger partial charge on any atom is -1.00 e. The summed E-state index contributed by atoms with van der Waals surface area (Å²) in [5, 5.41) is 9.77. The number of hydrogen-bond donors (Lipinski definition) is 2. The molecule has 0 heterocycles. The van der Waals surface area contributed by atoms with Gasteiger partial charge in [0.2, 0.25) is 0 Å². The number of hydrogen-bond acceptors (Lipinski definition) is 3. The van der Waals surface area contributed by atoms with Crippen LogP contribution in [0.2, 0.25) is 4.13 Å². The molecule has 0 spiro atoms. The molecular formula is C18H28Cl2NO2Zr. The predicted octanol–water partition coefficient (Wildman–Crippen LogP) is -2.57. The van der Waals surface area contributed by atoms with Gasteiger partial charge in [-0.25, -0.2) is 0 Å². The summed E-state index contributed by atoms with van der Waals surface area (Å²) in [6.07, 6.45) is 4.54. The molecule has 0 amide bonds. The molecule has 6 heteroatoms. The van der Waals surface area contributed by atoms with Gasteiger partial charge in [-0.05, 0) is 0 Å². The number of rotatable bonds is 5. The van der Waals surface area contributed by atoms with Gasteiger partial charge >= 0.3 is 139 Å². The van der Waals surface area contributed by atoms with Crippen LogP contribution in [0.15, 0.2) is 30.3 Å². The fraction of sp³-hybridized carbons (Fsp3) is 0.500. The Morgan fingerprint density at radius 2 is 1.88 bits per heavy atom. The maximum absolute atomic E-state index is 9.77. The van der Waals surface area contributed by atoms with E-state index in [4.69, 9.17) is 4.74 Å². The molecule has 0 saturated heterocycles. The van der Waals surface area contributed by atoms with E-state index in [-0.39, 0.29) is 37.0 Å². The van der Waals surface area contributed by atoms with Gasteiger partial charge in [-0.15, -0.1) is 0 Å². The van der Waals surface area contributed by atoms with Crippen LogP contribution in [0, 0.1) is 0 Å². The largest absolute Gasteiger partial charge is 1.00 e. The molecule has 1 aliphatic rings. The molecule has 135 valence electrons. The Hall–Kier alpha value is 0.173. The van der Waals surface area contributed by atoms with Gasteiger partial charge in [-0.2, -0.15) is 0 Å². The second-order valence-electron chi connectivity index (χ2n) is 7.05. The second-order valence-corrected chi connectivity index (χ2v) is 16.9. The number of methoxy groups -OCH3 is 1. The maximum atomic E-state index is 9.77. The van der Waals surface area contributed by atoms with E-state index in [2.05, 4.69) is 67.4 Å². The number of fused-ring (bicyclic) bond motifs is 1. The summed E-state index contributed by atoms with van der Waals surface area (Å²) in [7, 11) is 1.76. The van der Waals surface area contributed by atoms with Crippen LogP contribution in [0.5, 0.6) is 0 Å². The number of ether oxygens (including phenoxy) is 1. The summed E-state index contributed by atoms with van der Waals surface area (Å²) in [5.74, 6) is 0. The van der Waals surface area contributed by atoms with E-state index in [1.807, 2.05) is 0 Å². The van der Waals surface area contributed by atoms with Gasteiger partial charge in [0.25, 0.3) is 0 Å². The first kappa shape index (κ1) is 24.2. The molecule has 2 N–H and O–H groups in total. The first-order valence-corrected chi connectivity index (χ1v) is 13.5. The first-order valence-electron chi connectivity index (χ1n) is 7.89. The molecule has 0 bridgehead atoms. The van der Waals surface area contributed by atoms with Gasteiger partial charge in [0.05, 0.1) is 0 Å². The van der Waals surface area contributed by atoms with Crippen LogP contribution >= 0.6 is 0 Å². The molecule has 24 heavy (non-hydrogen) atoms. The van der Waals surface area contributed by atoms with Gasteiger partial charge in [-0.1, -0.05) is 0 Å². The minimum atomic E-state index is -3.18. The van der Waals surface area contributed by atoms with Gasteiger partial charge in [0.1, 0.15) is 0 Å². The average molecular weight is 453 g/mol. The Bertz CT molecular complexity index is 624. The van der Waals surface area contributed by atoms with E-state index in [0.717, 1.165) is 7.52 Å². The van der Waals surface area contributed by atoms with Gasteiger partial charge in [-0.3, -0.25) is 0 Å². The van der Waals surface area contributed by atoms with Crippen LogP contribution in [0.3, 0.4) is 0 Å². The standard InChI is InChI=1S/C9H7.C4H10N.C3H6O.C2H5O.2ClH.Zr/c1-2-5-9-7-3-6-8(9)4-1;1-4(2,3)5;1-3-4-2;1-2-3;;;/h1-7H;5H,1-3H3;1-2H3;3H,1-2H2;2*1H;/q;-1;;;;;+3/p-2. The zero-order chi connectivity index (χ0) is 16.4. The summed E-state index contributed by atoms with van der Waals surface area (Å²) in [5.41, 5.74) is 2.67. The van der Waals surface area contributed by atoms with E-state index in [9.17, 15) is 5.11 Å². The van der Waals surface area contributed by atoms with Crippen LogP contribution < -0.4 is 28.1 Å². The van der Waals surface area contributed by atoms with E-state index in [0.29, 0.717) is 3.63 Å². The molecule has 0 fully saturated rings. The quantitative estimate of drug-likeness (QED) is 0.516. The number of allylic oxidation sites excluding steroid dienone is 1. The van der Waals surface area contributed by atoms with Crippen LogP contribution in [-0.4, -0.2) is 27.8 Å². The number of aliphatic hydroxyl groups is 1. The Kier molecular flexibility index (Phi) is 9.83. The van der Waals surface area contributed by atoms with E-state index in [1.54, 1.807) is 7.11 Å². The molecule has 1 aliphatic carbocycles. The van der Waals surface area contributed by atoms with E-state index >= 15 is 0 Å². The maximum Gasteiger partial charge on any atom is -1.00 e. The number of aliphatic hydroxyl groups excluding tert-OH is 1. The van der Waals surface area contributed by atoms with Crippen LogP contribution in [-0.2, 0) is 24.8 Å². The van der Waals surface area contributed by atoms with Crippen LogP contribution in [0.1, 0.15) is 42.4 Å². The molecule has 0 radical (unpaired) electrons. The van der Waals surface area contributed by atoms with E-state index in [1.165, 1.54) is 11.1 Å². The van der Waals surface area contributed by atoms with Gasteiger partial charge in [0, 0.05) is 0 Å². The summed E-state index contributed by atoms with van der Waals surface area (Å²) in [6.45, 7) is 8.89. The van der Waals surface area contributed by atoms with Crippen molar-refractivity contribution in [3.63, 3.8) is 0 Å². The fourth-order valence-corrected chi connectivity index (χ4v) is 15.4. The zero-order valence-electron chi connectivity index (χ0n) is 15.1. The topological polar surface area (TPSA) is 41.5 Å². The Morgan fingerprint density at radius 3 is 2.42 bits per heavy atom. The molecule has 1 aromatic rings. The Balaban J connectivity index is 0.00000264. The van der Waals surface area contributed by atoms with Crippen molar-refractivity contribution in [3.05, 3.63) is 41.5 Å². The van der Waals surface area contributed by atoms with Crippen LogP contribution in [0.25, 0.3) is 6.08 Å². The molecule has 2 unspecified atom stereocenters. The third-order valence-corrected chi connectivity index (χ3v) is 17.2. The smallest absolute Gasteiger partial charge is 1.00 e. The molecule has 2 rings (SSSR count). The third-order valence-electron chi connectivity index (χ3n) is 4.37. The summed E-state index contributed by atoms with van der Waals surface area (Å²) in [6, 6.07) is 8.57. The van der Waals surface area contributed by atoms with Crippen LogP contribution in [0.4, 0.5) is 0 Å². The molecule has 1 aromatic carbocycles. The predicted molar refractivity (Wildman–Crippen MR) is 90.7 cm³/mol. The first-order chi connectivity index (χ1) is 10.3. The minimum absolute atomic E-state index is 0. The summed E-state index contributed by atoms with van der Waals surface area (Å²) in [4.78, 5) is 0. The van der Waals surface area contributed by atoms with Gasteiger partial charge < -0.3 is 24.8 Å². The van der Waals surface area contributed by atoms with Crippen molar-refractivity contribution in [2.24, 2.45) is 0 Å². The van der Waals surface area contributed by atoms with Gasteiger partial charge in [0.15, 0.2) is 0 Å². The summed E-state index contributed by atoms with van der Waals surface area (Å²) >= 11 is -3.18. The van der Waals surface area contributed by atoms with E-state index < -0.39 is 20.1 Å². The molecule has 2 atom stereocenters. The molecule has 3 nitrogen and oxygen atoms in total. The van der Waals surface area contributed by atoms with Crippen molar-refractivity contribution < 1.29 is 54.7 Å². The molecule has 0 aromatic heterocycles. The van der Waals surface area contributed by atoms with Crippen molar-refractivity contribution in [1.29, 1.82) is 0 Å². The molecular weight excluding hydrogens is 424 g/mol. The second kappa shape index (κ2) is 9.76. The Morgan fingerprint density at radius 1 is 1.25 bits per heavy atom. The fourth-order valence-electron chi connectivity index (χ4n) is 3.49. The van der Waals surface area contributed by atoms with Crippen molar-refractivity contribution >= 4 is 9.47 Å². The number of nitrogens with one attached hydrogen (secondary N) is 1. The van der Waals surface area contributed by atoms with Crippen molar-refractivity contribution in [3.8, 4) is 0 Å². The summed E-state index contributed by atoms with van der Waals surface area (Å²) < 4.78 is 12.0. The number of halogens is 2. The molecule has 0 saturated carbocycles. The Labute approximate surface area is 163 Å². The normalized spacial score (nSPS) is 16.8. The average Bonchev–Trinajstić information content (AvgIpc) is 2.88. The SMILES string of the molecule is CO[C](C)=[Zr+2]([CH2]CO)([NH]C(C)(C)C)[CH]1C=Cc2ccccc21.[Cl-].[Cl-]. The monoisotopic (exact) mass is 450 g/mol. The van der Waals surface area contributed by atoms with Crippen molar-refractivity contribution in [1.82, 2.24) is 3.26 Å². The molecule has 0 aliphatic heterocycles. The number of benzene rings is 1. The third kappa shape index (κ3) is 5.09. The van der Waals surface area contributed by atoms with Crippen molar-refractivity contribution in [2.75, 3.05) is 13.7 Å².